The zero-order chi connectivity index (χ0) is 15.5. The topological polar surface area (TPSA) is 36.7 Å². The van der Waals surface area contributed by atoms with E-state index in [0.717, 1.165) is 29.0 Å². The Morgan fingerprint density at radius 2 is 2.00 bits per heavy atom. The molecule has 0 aliphatic carbocycles. The lowest BCUT2D eigenvalue weighted by atomic mass is 10.2. The van der Waals surface area contributed by atoms with Crippen LogP contribution in [0.15, 0.2) is 41.0 Å². The van der Waals surface area contributed by atoms with E-state index in [2.05, 4.69) is 27.5 Å². The van der Waals surface area contributed by atoms with Gasteiger partial charge in [0.1, 0.15) is 5.76 Å². The standard InChI is InChI=1S/C16H16ClIN2O2/c17-15-10-12(18)3-4-14(15)16(21)20-7-5-19(6-8-20)11-13-2-1-9-22-13/h1-4,9-10H,5-8,11H2. The molecule has 116 valence electrons. The van der Waals surface area contributed by atoms with Crippen LogP contribution in [0.4, 0.5) is 0 Å². The molecule has 1 aliphatic heterocycles. The molecule has 0 N–H and O–H groups in total. The Morgan fingerprint density at radius 3 is 2.64 bits per heavy atom. The summed E-state index contributed by atoms with van der Waals surface area (Å²) in [4.78, 5) is 16.7. The van der Waals surface area contributed by atoms with Crippen LogP contribution in [-0.4, -0.2) is 41.9 Å². The number of rotatable bonds is 3. The highest BCUT2D eigenvalue weighted by Gasteiger charge is 2.23. The van der Waals surface area contributed by atoms with Crippen molar-refractivity contribution in [1.29, 1.82) is 0 Å². The van der Waals surface area contributed by atoms with Crippen LogP contribution in [0.25, 0.3) is 0 Å². The highest BCUT2D eigenvalue weighted by Crippen LogP contribution is 2.21. The van der Waals surface area contributed by atoms with Gasteiger partial charge in [-0.15, -0.1) is 0 Å². The lowest BCUT2D eigenvalue weighted by Gasteiger charge is -2.34. The van der Waals surface area contributed by atoms with Crippen molar-refractivity contribution in [2.24, 2.45) is 0 Å². The molecule has 1 aromatic carbocycles. The maximum atomic E-state index is 12.6. The van der Waals surface area contributed by atoms with Crippen LogP contribution in [0.2, 0.25) is 5.02 Å². The predicted molar refractivity (Wildman–Crippen MR) is 94.1 cm³/mol. The normalized spacial score (nSPS) is 16.0. The Morgan fingerprint density at radius 1 is 1.23 bits per heavy atom. The van der Waals surface area contributed by atoms with Crippen LogP contribution in [-0.2, 0) is 6.54 Å². The van der Waals surface area contributed by atoms with E-state index in [1.807, 2.05) is 35.2 Å². The van der Waals surface area contributed by atoms with Gasteiger partial charge in [0.15, 0.2) is 0 Å². The van der Waals surface area contributed by atoms with Crippen molar-refractivity contribution in [2.75, 3.05) is 26.2 Å². The van der Waals surface area contributed by atoms with E-state index >= 15 is 0 Å². The number of hydrogen-bond donors (Lipinski definition) is 0. The first-order valence-electron chi connectivity index (χ1n) is 7.12. The van der Waals surface area contributed by atoms with Gasteiger partial charge in [-0.25, -0.2) is 0 Å². The number of halogens is 2. The highest BCUT2D eigenvalue weighted by atomic mass is 127. The first kappa shape index (κ1) is 15.8. The molecular weight excluding hydrogens is 415 g/mol. The molecular formula is C16H16ClIN2O2. The third kappa shape index (κ3) is 3.64. The Hall–Kier alpha value is -1.05. The third-order valence-corrected chi connectivity index (χ3v) is 4.76. The minimum atomic E-state index is 0.0130. The van der Waals surface area contributed by atoms with E-state index in [0.29, 0.717) is 23.7 Å². The van der Waals surface area contributed by atoms with Gasteiger partial charge in [-0.2, -0.15) is 0 Å². The van der Waals surface area contributed by atoms with Crippen molar-refractivity contribution in [3.05, 3.63) is 56.5 Å². The molecule has 1 saturated heterocycles. The molecule has 2 heterocycles. The molecule has 4 nitrogen and oxygen atoms in total. The summed E-state index contributed by atoms with van der Waals surface area (Å²) < 4.78 is 6.40. The Kier molecular flexibility index (Phi) is 5.05. The maximum absolute atomic E-state index is 12.6. The minimum Gasteiger partial charge on any atom is -0.468 e. The van der Waals surface area contributed by atoms with E-state index in [9.17, 15) is 4.79 Å². The summed E-state index contributed by atoms with van der Waals surface area (Å²) in [7, 11) is 0. The molecule has 1 fully saturated rings. The summed E-state index contributed by atoms with van der Waals surface area (Å²) in [6, 6.07) is 9.41. The number of benzene rings is 1. The van der Waals surface area contributed by atoms with Crippen molar-refractivity contribution in [3.63, 3.8) is 0 Å². The summed E-state index contributed by atoms with van der Waals surface area (Å²) in [5.41, 5.74) is 0.585. The quantitative estimate of drug-likeness (QED) is 0.700. The van der Waals surface area contributed by atoms with Gasteiger partial charge in [0, 0.05) is 29.7 Å². The van der Waals surface area contributed by atoms with Crippen molar-refractivity contribution in [1.82, 2.24) is 9.80 Å². The van der Waals surface area contributed by atoms with Gasteiger partial charge in [0.2, 0.25) is 0 Å². The third-order valence-electron chi connectivity index (χ3n) is 3.78. The van der Waals surface area contributed by atoms with Gasteiger partial charge in [-0.05, 0) is 52.9 Å². The summed E-state index contributed by atoms with van der Waals surface area (Å²) in [5, 5.41) is 0.523. The summed E-state index contributed by atoms with van der Waals surface area (Å²) in [6.07, 6.45) is 1.69. The van der Waals surface area contributed by atoms with Crippen molar-refractivity contribution in [2.45, 2.75) is 6.54 Å². The van der Waals surface area contributed by atoms with Crippen LogP contribution in [0.5, 0.6) is 0 Å². The average molecular weight is 431 g/mol. The van der Waals surface area contributed by atoms with Gasteiger partial charge >= 0.3 is 0 Å². The molecule has 0 radical (unpaired) electrons. The second-order valence-corrected chi connectivity index (χ2v) is 6.92. The van der Waals surface area contributed by atoms with Crippen molar-refractivity contribution < 1.29 is 9.21 Å². The molecule has 6 heteroatoms. The van der Waals surface area contributed by atoms with E-state index in [4.69, 9.17) is 16.0 Å². The Balaban J connectivity index is 1.60. The fraction of sp³-hybridized carbons (Fsp3) is 0.312. The zero-order valence-electron chi connectivity index (χ0n) is 12.0. The smallest absolute Gasteiger partial charge is 0.255 e. The number of amides is 1. The van der Waals surface area contributed by atoms with Crippen LogP contribution in [0, 0.1) is 3.57 Å². The first-order chi connectivity index (χ1) is 10.6. The predicted octanol–water partition coefficient (Wildman–Crippen LogP) is 3.50. The molecule has 0 unspecified atom stereocenters. The van der Waals surface area contributed by atoms with Crippen LogP contribution < -0.4 is 0 Å². The van der Waals surface area contributed by atoms with Gasteiger partial charge in [0.25, 0.3) is 5.91 Å². The van der Waals surface area contributed by atoms with Crippen molar-refractivity contribution >= 4 is 40.1 Å². The second kappa shape index (κ2) is 7.02. The Labute approximate surface area is 148 Å². The van der Waals surface area contributed by atoms with E-state index < -0.39 is 0 Å². The number of hydrogen-bond acceptors (Lipinski definition) is 3. The van der Waals surface area contributed by atoms with Gasteiger partial charge < -0.3 is 9.32 Å². The van der Waals surface area contributed by atoms with Crippen LogP contribution in [0.3, 0.4) is 0 Å². The first-order valence-corrected chi connectivity index (χ1v) is 8.58. The molecule has 1 amide bonds. The van der Waals surface area contributed by atoms with Gasteiger partial charge in [-0.1, -0.05) is 11.6 Å². The summed E-state index contributed by atoms with van der Waals surface area (Å²) >= 11 is 8.38. The SMILES string of the molecule is O=C(c1ccc(I)cc1Cl)N1CCN(Cc2ccco2)CC1. The second-order valence-electron chi connectivity index (χ2n) is 5.27. The molecule has 1 aromatic heterocycles. The lowest BCUT2D eigenvalue weighted by Crippen LogP contribution is -2.48. The number of nitrogens with zero attached hydrogens (tertiary/aromatic N) is 2. The number of carbonyl (C=O) groups excluding carboxylic acids is 1. The number of furan rings is 1. The molecule has 3 rings (SSSR count). The Bertz CT molecular complexity index is 652. The fourth-order valence-electron chi connectivity index (χ4n) is 2.57. The summed E-state index contributed by atoms with van der Waals surface area (Å²) in [6.45, 7) is 3.89. The van der Waals surface area contributed by atoms with E-state index in [1.54, 1.807) is 6.26 Å². The van der Waals surface area contributed by atoms with Gasteiger partial charge in [-0.3, -0.25) is 9.69 Å². The average Bonchev–Trinajstić information content (AvgIpc) is 3.00. The molecule has 0 bridgehead atoms. The van der Waals surface area contributed by atoms with Crippen LogP contribution >= 0.6 is 34.2 Å². The van der Waals surface area contributed by atoms with Gasteiger partial charge in [0.05, 0.1) is 23.4 Å². The maximum Gasteiger partial charge on any atom is 0.255 e. The monoisotopic (exact) mass is 430 g/mol. The molecule has 1 aliphatic rings. The largest absolute Gasteiger partial charge is 0.468 e. The van der Waals surface area contributed by atoms with Crippen molar-refractivity contribution in [3.8, 4) is 0 Å². The van der Waals surface area contributed by atoms with Crippen LogP contribution in [0.1, 0.15) is 16.1 Å². The molecule has 0 spiro atoms. The zero-order valence-corrected chi connectivity index (χ0v) is 14.9. The van der Waals surface area contributed by atoms with E-state index in [-0.39, 0.29) is 5.91 Å². The molecule has 2 aromatic rings. The van der Waals surface area contributed by atoms with E-state index in [1.165, 1.54) is 0 Å². The number of piperazine rings is 1. The highest BCUT2D eigenvalue weighted by molar-refractivity contribution is 14.1. The molecule has 0 saturated carbocycles. The summed E-state index contributed by atoms with van der Waals surface area (Å²) in [5.74, 6) is 0.972. The lowest BCUT2D eigenvalue weighted by molar-refractivity contribution is 0.0620. The minimum absolute atomic E-state index is 0.0130. The fourth-order valence-corrected chi connectivity index (χ4v) is 3.50. The molecule has 0 atom stereocenters. The number of carbonyl (C=O) groups is 1. The molecule has 22 heavy (non-hydrogen) atoms.